The Balaban J connectivity index is 2.23. The number of hydrogen-bond donors (Lipinski definition) is 1. The van der Waals surface area contributed by atoms with Gasteiger partial charge in [-0.25, -0.2) is 8.78 Å². The van der Waals surface area contributed by atoms with Gasteiger partial charge in [-0.3, -0.25) is 0 Å². The van der Waals surface area contributed by atoms with Gasteiger partial charge in [-0.2, -0.15) is 0 Å². The standard InChI is InChI=1S/C14H15F2NS/c1-2-17-14(9-13-4-3-5-18-13)10-6-11(15)8-12(16)7-10/h3-8,14,17H,2,9H2,1H3. The molecule has 1 nitrogen and oxygen atoms in total. The lowest BCUT2D eigenvalue weighted by Gasteiger charge is -2.18. The number of halogens is 2. The van der Waals surface area contributed by atoms with Gasteiger partial charge in [0.2, 0.25) is 0 Å². The first kappa shape index (κ1) is 13.2. The normalized spacial score (nSPS) is 12.6. The lowest BCUT2D eigenvalue weighted by molar-refractivity contribution is 0.531. The summed E-state index contributed by atoms with van der Waals surface area (Å²) in [6.45, 7) is 2.74. The molecule has 0 spiro atoms. The summed E-state index contributed by atoms with van der Waals surface area (Å²) in [7, 11) is 0. The molecule has 0 fully saturated rings. The van der Waals surface area contributed by atoms with E-state index in [-0.39, 0.29) is 6.04 Å². The topological polar surface area (TPSA) is 12.0 Å². The van der Waals surface area contributed by atoms with Crippen molar-refractivity contribution in [2.75, 3.05) is 6.54 Å². The van der Waals surface area contributed by atoms with Crippen LogP contribution in [0, 0.1) is 11.6 Å². The number of hydrogen-bond acceptors (Lipinski definition) is 2. The summed E-state index contributed by atoms with van der Waals surface area (Å²) in [6, 6.07) is 7.64. The van der Waals surface area contributed by atoms with Crippen molar-refractivity contribution in [3.8, 4) is 0 Å². The highest BCUT2D eigenvalue weighted by Crippen LogP contribution is 2.22. The first-order chi connectivity index (χ1) is 8.69. The summed E-state index contributed by atoms with van der Waals surface area (Å²) in [4.78, 5) is 1.20. The van der Waals surface area contributed by atoms with Crippen molar-refractivity contribution in [3.05, 3.63) is 57.8 Å². The zero-order valence-electron chi connectivity index (χ0n) is 10.1. The highest BCUT2D eigenvalue weighted by Gasteiger charge is 2.13. The van der Waals surface area contributed by atoms with Crippen LogP contribution in [0.2, 0.25) is 0 Å². The predicted molar refractivity (Wildman–Crippen MR) is 70.8 cm³/mol. The molecule has 0 aliphatic heterocycles. The fourth-order valence-corrected chi connectivity index (χ4v) is 2.71. The molecule has 1 aromatic heterocycles. The Hall–Kier alpha value is -1.26. The van der Waals surface area contributed by atoms with Gasteiger partial charge in [0, 0.05) is 23.4 Å². The number of rotatable bonds is 5. The molecule has 1 N–H and O–H groups in total. The Labute approximate surface area is 109 Å². The zero-order valence-corrected chi connectivity index (χ0v) is 10.9. The van der Waals surface area contributed by atoms with Crippen molar-refractivity contribution >= 4 is 11.3 Å². The average Bonchev–Trinajstić information content (AvgIpc) is 2.80. The van der Waals surface area contributed by atoms with Crippen molar-refractivity contribution in [3.63, 3.8) is 0 Å². The number of benzene rings is 1. The number of nitrogens with one attached hydrogen (secondary N) is 1. The van der Waals surface area contributed by atoms with Crippen LogP contribution in [0.5, 0.6) is 0 Å². The SMILES string of the molecule is CCNC(Cc1cccs1)c1cc(F)cc(F)c1. The molecule has 1 unspecified atom stereocenters. The van der Waals surface area contributed by atoms with Crippen molar-refractivity contribution in [2.24, 2.45) is 0 Å². The van der Waals surface area contributed by atoms with E-state index in [2.05, 4.69) is 5.32 Å². The molecule has 2 rings (SSSR count). The van der Waals surface area contributed by atoms with E-state index in [1.165, 1.54) is 17.0 Å². The van der Waals surface area contributed by atoms with E-state index in [0.717, 1.165) is 19.0 Å². The Morgan fingerprint density at radius 3 is 2.50 bits per heavy atom. The third kappa shape index (κ3) is 3.37. The molecule has 0 saturated heterocycles. The van der Waals surface area contributed by atoms with E-state index < -0.39 is 11.6 Å². The highest BCUT2D eigenvalue weighted by molar-refractivity contribution is 7.09. The van der Waals surface area contributed by atoms with Crippen LogP contribution in [0.15, 0.2) is 35.7 Å². The maximum absolute atomic E-state index is 13.2. The molecule has 0 aliphatic carbocycles. The molecule has 1 aromatic carbocycles. The molecule has 0 aliphatic rings. The average molecular weight is 267 g/mol. The molecule has 18 heavy (non-hydrogen) atoms. The van der Waals surface area contributed by atoms with Crippen molar-refractivity contribution in [2.45, 2.75) is 19.4 Å². The molecule has 0 saturated carbocycles. The molecule has 0 amide bonds. The molecule has 96 valence electrons. The third-order valence-corrected chi connectivity index (χ3v) is 3.62. The Kier molecular flexibility index (Phi) is 4.44. The van der Waals surface area contributed by atoms with Gasteiger partial charge in [0.05, 0.1) is 0 Å². The van der Waals surface area contributed by atoms with Gasteiger partial charge in [-0.15, -0.1) is 11.3 Å². The summed E-state index contributed by atoms with van der Waals surface area (Å²) in [6.07, 6.45) is 0.744. The monoisotopic (exact) mass is 267 g/mol. The lowest BCUT2D eigenvalue weighted by Crippen LogP contribution is -2.23. The third-order valence-electron chi connectivity index (χ3n) is 2.72. The zero-order chi connectivity index (χ0) is 13.0. The minimum absolute atomic E-state index is 0.0566. The first-order valence-electron chi connectivity index (χ1n) is 5.90. The maximum atomic E-state index is 13.2. The Bertz CT molecular complexity index is 476. The van der Waals surface area contributed by atoms with E-state index in [1.807, 2.05) is 24.4 Å². The largest absolute Gasteiger partial charge is 0.310 e. The van der Waals surface area contributed by atoms with Gasteiger partial charge in [0.25, 0.3) is 0 Å². The molecule has 1 heterocycles. The summed E-state index contributed by atoms with van der Waals surface area (Å²) in [5, 5.41) is 5.27. The van der Waals surface area contributed by atoms with Gasteiger partial charge in [-0.05, 0) is 35.7 Å². The van der Waals surface area contributed by atoms with Crippen LogP contribution in [0.4, 0.5) is 8.78 Å². The summed E-state index contributed by atoms with van der Waals surface area (Å²) in [5.74, 6) is -1.06. The van der Waals surface area contributed by atoms with Gasteiger partial charge >= 0.3 is 0 Å². The molecular weight excluding hydrogens is 252 g/mol. The second-order valence-electron chi connectivity index (χ2n) is 4.10. The van der Waals surface area contributed by atoms with E-state index in [1.54, 1.807) is 11.3 Å². The Morgan fingerprint density at radius 1 is 1.22 bits per heavy atom. The number of likely N-dealkylation sites (N-methyl/N-ethyl adjacent to an activating group) is 1. The summed E-state index contributed by atoms with van der Waals surface area (Å²) >= 11 is 1.65. The van der Waals surface area contributed by atoms with Crippen LogP contribution in [-0.4, -0.2) is 6.54 Å². The lowest BCUT2D eigenvalue weighted by atomic mass is 10.0. The highest BCUT2D eigenvalue weighted by atomic mass is 32.1. The van der Waals surface area contributed by atoms with Gasteiger partial charge in [0.1, 0.15) is 11.6 Å². The van der Waals surface area contributed by atoms with Gasteiger partial charge in [-0.1, -0.05) is 13.0 Å². The molecule has 1 atom stereocenters. The van der Waals surface area contributed by atoms with Crippen LogP contribution in [0.3, 0.4) is 0 Å². The van der Waals surface area contributed by atoms with Crippen LogP contribution in [0.1, 0.15) is 23.4 Å². The smallest absolute Gasteiger partial charge is 0.126 e. The van der Waals surface area contributed by atoms with E-state index >= 15 is 0 Å². The van der Waals surface area contributed by atoms with Crippen molar-refractivity contribution < 1.29 is 8.78 Å². The van der Waals surface area contributed by atoms with Crippen LogP contribution < -0.4 is 5.32 Å². The van der Waals surface area contributed by atoms with E-state index in [9.17, 15) is 8.78 Å². The molecule has 4 heteroatoms. The summed E-state index contributed by atoms with van der Waals surface area (Å²) in [5.41, 5.74) is 0.655. The summed E-state index contributed by atoms with van der Waals surface area (Å²) < 4.78 is 26.5. The molecule has 0 bridgehead atoms. The predicted octanol–water partition coefficient (Wildman–Crippen LogP) is 3.92. The molecular formula is C14H15F2NS. The second kappa shape index (κ2) is 6.07. The number of thiophene rings is 1. The van der Waals surface area contributed by atoms with E-state index in [4.69, 9.17) is 0 Å². The first-order valence-corrected chi connectivity index (χ1v) is 6.78. The van der Waals surface area contributed by atoms with Crippen molar-refractivity contribution in [1.82, 2.24) is 5.32 Å². The second-order valence-corrected chi connectivity index (χ2v) is 5.13. The maximum Gasteiger partial charge on any atom is 0.126 e. The van der Waals surface area contributed by atoms with Crippen LogP contribution in [-0.2, 0) is 6.42 Å². The van der Waals surface area contributed by atoms with Gasteiger partial charge < -0.3 is 5.32 Å². The van der Waals surface area contributed by atoms with Crippen LogP contribution >= 0.6 is 11.3 Å². The fourth-order valence-electron chi connectivity index (χ4n) is 1.96. The van der Waals surface area contributed by atoms with Crippen molar-refractivity contribution in [1.29, 1.82) is 0 Å². The molecule has 0 radical (unpaired) electrons. The Morgan fingerprint density at radius 2 is 1.94 bits per heavy atom. The van der Waals surface area contributed by atoms with Crippen LogP contribution in [0.25, 0.3) is 0 Å². The fraction of sp³-hybridized carbons (Fsp3) is 0.286. The minimum Gasteiger partial charge on any atom is -0.310 e. The quantitative estimate of drug-likeness (QED) is 0.865. The van der Waals surface area contributed by atoms with Gasteiger partial charge in [0.15, 0.2) is 0 Å². The van der Waals surface area contributed by atoms with E-state index in [0.29, 0.717) is 5.56 Å². The minimum atomic E-state index is -0.529. The molecule has 2 aromatic rings.